The van der Waals surface area contributed by atoms with E-state index >= 15 is 0 Å². The number of fused-ring (bicyclic) bond motifs is 1. The number of nitrogens with zero attached hydrogens (tertiary/aromatic N) is 2. The van der Waals surface area contributed by atoms with Crippen LogP contribution in [0, 0.1) is 5.82 Å². The molecule has 0 aliphatic carbocycles. The van der Waals surface area contributed by atoms with E-state index in [0.717, 1.165) is 30.5 Å². The van der Waals surface area contributed by atoms with Crippen molar-refractivity contribution in [3.8, 4) is 0 Å². The van der Waals surface area contributed by atoms with Crippen molar-refractivity contribution < 1.29 is 14.0 Å². The molecule has 4 nitrogen and oxygen atoms in total. The molecule has 4 rings (SSSR count). The van der Waals surface area contributed by atoms with E-state index in [9.17, 15) is 14.0 Å². The van der Waals surface area contributed by atoms with Gasteiger partial charge in [-0.05, 0) is 55.7 Å². The predicted molar refractivity (Wildman–Crippen MR) is 135 cm³/mol. The maximum absolute atomic E-state index is 14.7. The van der Waals surface area contributed by atoms with Crippen molar-refractivity contribution in [3.05, 3.63) is 95.8 Å². The van der Waals surface area contributed by atoms with Crippen molar-refractivity contribution in [2.24, 2.45) is 0 Å². The normalized spacial score (nSPS) is 17.2. The van der Waals surface area contributed by atoms with Gasteiger partial charge in [0.05, 0.1) is 11.6 Å². The van der Waals surface area contributed by atoms with Crippen molar-refractivity contribution in [1.82, 2.24) is 0 Å². The summed E-state index contributed by atoms with van der Waals surface area (Å²) >= 11 is 0. The van der Waals surface area contributed by atoms with E-state index < -0.39 is 5.82 Å². The third kappa shape index (κ3) is 4.74. The van der Waals surface area contributed by atoms with E-state index in [1.807, 2.05) is 66.4 Å². The Labute approximate surface area is 201 Å². The Bertz CT molecular complexity index is 1150. The number of carbonyl (C=O) groups excluding carboxylic acids is 2. The van der Waals surface area contributed by atoms with Crippen LogP contribution >= 0.6 is 0 Å². The minimum Gasteiger partial charge on any atom is -0.309 e. The Morgan fingerprint density at radius 3 is 2.35 bits per heavy atom. The summed E-state index contributed by atoms with van der Waals surface area (Å²) in [5, 5.41) is 0. The first kappa shape index (κ1) is 23.7. The number of anilines is 2. The molecule has 3 aromatic carbocycles. The first-order valence-corrected chi connectivity index (χ1v) is 12.1. The molecule has 2 atom stereocenters. The number of unbranched alkanes of at least 4 members (excludes halogenated alkanes) is 2. The molecule has 0 saturated carbocycles. The highest BCUT2D eigenvalue weighted by molar-refractivity contribution is 6.07. The number of hydrogen-bond donors (Lipinski definition) is 0. The van der Waals surface area contributed by atoms with Gasteiger partial charge in [-0.15, -0.1) is 0 Å². The van der Waals surface area contributed by atoms with Gasteiger partial charge in [0.25, 0.3) is 5.91 Å². The Kier molecular flexibility index (Phi) is 7.41. The Morgan fingerprint density at radius 1 is 0.941 bits per heavy atom. The van der Waals surface area contributed by atoms with Gasteiger partial charge in [0.15, 0.2) is 0 Å². The lowest BCUT2D eigenvalue weighted by Gasteiger charge is -2.43. The van der Waals surface area contributed by atoms with Crippen molar-refractivity contribution in [1.29, 1.82) is 0 Å². The van der Waals surface area contributed by atoms with Crippen LogP contribution in [0.25, 0.3) is 0 Å². The molecule has 0 fully saturated rings. The number of hydrogen-bond acceptors (Lipinski definition) is 2. The van der Waals surface area contributed by atoms with Crippen molar-refractivity contribution in [2.75, 3.05) is 9.80 Å². The quantitative estimate of drug-likeness (QED) is 0.361. The molecule has 3 aromatic rings. The molecule has 34 heavy (non-hydrogen) atoms. The van der Waals surface area contributed by atoms with Gasteiger partial charge in [0, 0.05) is 23.8 Å². The average molecular weight is 459 g/mol. The van der Waals surface area contributed by atoms with Crippen LogP contribution in [0.2, 0.25) is 0 Å². The maximum atomic E-state index is 14.7. The van der Waals surface area contributed by atoms with Crippen LogP contribution in [-0.2, 0) is 4.79 Å². The molecule has 0 spiro atoms. The zero-order valence-electron chi connectivity index (χ0n) is 19.8. The van der Waals surface area contributed by atoms with Gasteiger partial charge in [0.1, 0.15) is 5.82 Å². The van der Waals surface area contributed by atoms with Crippen LogP contribution in [-0.4, -0.2) is 17.9 Å². The molecule has 2 amide bonds. The zero-order valence-corrected chi connectivity index (χ0v) is 19.8. The lowest BCUT2D eigenvalue weighted by molar-refractivity contribution is -0.119. The molecule has 0 unspecified atom stereocenters. The Hall–Kier alpha value is -3.47. The zero-order chi connectivity index (χ0) is 24.1. The molecular formula is C29H31FN2O2. The van der Waals surface area contributed by atoms with Gasteiger partial charge in [-0.1, -0.05) is 68.3 Å². The highest BCUT2D eigenvalue weighted by Crippen LogP contribution is 2.43. The van der Waals surface area contributed by atoms with Gasteiger partial charge < -0.3 is 9.80 Å². The van der Waals surface area contributed by atoms with Crippen LogP contribution in [0.5, 0.6) is 0 Å². The topological polar surface area (TPSA) is 40.6 Å². The molecule has 0 bridgehead atoms. The fourth-order valence-corrected chi connectivity index (χ4v) is 4.84. The van der Waals surface area contributed by atoms with E-state index in [0.29, 0.717) is 18.5 Å². The molecule has 0 radical (unpaired) electrons. The van der Waals surface area contributed by atoms with E-state index in [2.05, 4.69) is 6.92 Å². The molecule has 1 heterocycles. The molecule has 176 valence electrons. The van der Waals surface area contributed by atoms with Gasteiger partial charge in [-0.3, -0.25) is 9.59 Å². The standard InChI is InChI=1S/C29H31FN2O2/c1-3-4-6-19-28(33)31-21(2)20-27(24-16-10-12-18-26(24)31)32(22-13-7-5-8-14-22)29(34)23-15-9-11-17-25(23)30/h5,7-18,21,27H,3-4,6,19-20H2,1-2H3/t21-,27+/m0/s1. The first-order valence-electron chi connectivity index (χ1n) is 12.1. The number of rotatable bonds is 7. The first-order chi connectivity index (χ1) is 16.5. The highest BCUT2D eigenvalue weighted by atomic mass is 19.1. The molecule has 5 heteroatoms. The fourth-order valence-electron chi connectivity index (χ4n) is 4.84. The molecule has 0 N–H and O–H groups in total. The summed E-state index contributed by atoms with van der Waals surface area (Å²) in [6.45, 7) is 4.15. The lowest BCUT2D eigenvalue weighted by Crippen LogP contribution is -2.47. The summed E-state index contributed by atoms with van der Waals surface area (Å²) in [7, 11) is 0. The monoisotopic (exact) mass is 458 g/mol. The summed E-state index contributed by atoms with van der Waals surface area (Å²) in [5.41, 5.74) is 2.47. The number of carbonyl (C=O) groups is 2. The summed E-state index contributed by atoms with van der Waals surface area (Å²) in [5.74, 6) is -0.823. The van der Waals surface area contributed by atoms with Gasteiger partial charge >= 0.3 is 0 Å². The molecule has 0 saturated heterocycles. The van der Waals surface area contributed by atoms with Crippen LogP contribution in [0.1, 0.15) is 67.9 Å². The van der Waals surface area contributed by atoms with E-state index in [4.69, 9.17) is 0 Å². The van der Waals surface area contributed by atoms with Crippen LogP contribution in [0.3, 0.4) is 0 Å². The van der Waals surface area contributed by atoms with E-state index in [1.54, 1.807) is 17.0 Å². The van der Waals surface area contributed by atoms with Crippen molar-refractivity contribution in [2.45, 2.75) is 58.0 Å². The van der Waals surface area contributed by atoms with Crippen LogP contribution in [0.15, 0.2) is 78.9 Å². The fraction of sp³-hybridized carbons (Fsp3) is 0.310. The second kappa shape index (κ2) is 10.6. The Morgan fingerprint density at radius 2 is 1.62 bits per heavy atom. The van der Waals surface area contributed by atoms with E-state index in [1.165, 1.54) is 12.1 Å². The summed E-state index contributed by atoms with van der Waals surface area (Å²) in [6.07, 6.45) is 4.02. The van der Waals surface area contributed by atoms with E-state index in [-0.39, 0.29) is 29.5 Å². The van der Waals surface area contributed by atoms with Gasteiger partial charge in [-0.25, -0.2) is 4.39 Å². The van der Waals surface area contributed by atoms with Gasteiger partial charge in [0.2, 0.25) is 5.91 Å². The second-order valence-corrected chi connectivity index (χ2v) is 8.87. The average Bonchev–Trinajstić information content (AvgIpc) is 2.85. The van der Waals surface area contributed by atoms with Crippen molar-refractivity contribution in [3.63, 3.8) is 0 Å². The predicted octanol–water partition coefficient (Wildman–Crippen LogP) is 6.92. The largest absolute Gasteiger partial charge is 0.309 e. The molecule has 0 aromatic heterocycles. The van der Waals surface area contributed by atoms with Crippen molar-refractivity contribution >= 4 is 23.2 Å². The smallest absolute Gasteiger partial charge is 0.261 e. The molecule has 1 aliphatic rings. The Balaban J connectivity index is 1.77. The van der Waals surface area contributed by atoms with Crippen LogP contribution < -0.4 is 9.80 Å². The second-order valence-electron chi connectivity index (χ2n) is 8.87. The number of para-hydroxylation sites is 2. The maximum Gasteiger partial charge on any atom is 0.261 e. The molecular weight excluding hydrogens is 427 g/mol. The highest BCUT2D eigenvalue weighted by Gasteiger charge is 2.39. The minimum absolute atomic E-state index is 0.0366. The third-order valence-electron chi connectivity index (χ3n) is 6.49. The minimum atomic E-state index is -0.543. The SMILES string of the molecule is CCCCCC(=O)N1c2ccccc2[C@H](N(C(=O)c2ccccc2F)c2ccccc2)C[C@@H]1C. The number of amides is 2. The van der Waals surface area contributed by atoms with Crippen LogP contribution in [0.4, 0.5) is 15.8 Å². The third-order valence-corrected chi connectivity index (χ3v) is 6.49. The van der Waals surface area contributed by atoms with Gasteiger partial charge in [-0.2, -0.15) is 0 Å². The molecule has 1 aliphatic heterocycles. The summed E-state index contributed by atoms with van der Waals surface area (Å²) in [6, 6.07) is 22.8. The summed E-state index contributed by atoms with van der Waals surface area (Å²) < 4.78 is 14.7. The lowest BCUT2D eigenvalue weighted by atomic mass is 9.89. The summed E-state index contributed by atoms with van der Waals surface area (Å²) in [4.78, 5) is 30.5. The number of halogens is 1. The number of benzene rings is 3.